The molecule has 1 heterocycles. The average molecular weight is 347 g/mol. The lowest BCUT2D eigenvalue weighted by Crippen LogP contribution is -2.32. The summed E-state index contributed by atoms with van der Waals surface area (Å²) >= 11 is 5.99. The van der Waals surface area contributed by atoms with Gasteiger partial charge in [0, 0.05) is 32.8 Å². The van der Waals surface area contributed by atoms with E-state index in [-0.39, 0.29) is 34.0 Å². The molecule has 2 rings (SSSR count). The molecule has 1 aromatic rings. The van der Waals surface area contributed by atoms with Crippen molar-refractivity contribution in [2.45, 2.75) is 23.8 Å². The summed E-state index contributed by atoms with van der Waals surface area (Å²) in [7, 11) is -0.597. The van der Waals surface area contributed by atoms with Gasteiger partial charge in [0.15, 0.2) is 0 Å². The van der Waals surface area contributed by atoms with Crippen molar-refractivity contribution in [2.24, 2.45) is 0 Å². The zero-order valence-corrected chi connectivity index (χ0v) is 14.1. The highest BCUT2D eigenvalue weighted by molar-refractivity contribution is 7.89. The van der Waals surface area contributed by atoms with Crippen LogP contribution in [-0.2, 0) is 14.8 Å². The Bertz CT molecular complexity index is 655. The molecule has 1 saturated heterocycles. The van der Waals surface area contributed by atoms with Crippen molar-refractivity contribution in [1.82, 2.24) is 9.62 Å². The predicted molar refractivity (Wildman–Crippen MR) is 83.6 cm³/mol. The SMILES string of the molecule is CN(C)C(=O)c1ccc(Cl)c(S(=O)(=O)NCC2CCCO2)c1. The maximum Gasteiger partial charge on any atom is 0.253 e. The maximum absolute atomic E-state index is 12.4. The number of carbonyl (C=O) groups is 1. The highest BCUT2D eigenvalue weighted by Crippen LogP contribution is 2.23. The van der Waals surface area contributed by atoms with Crippen LogP contribution in [0.1, 0.15) is 23.2 Å². The van der Waals surface area contributed by atoms with Gasteiger partial charge in [-0.25, -0.2) is 13.1 Å². The monoisotopic (exact) mass is 346 g/mol. The Kier molecular flexibility index (Phi) is 5.44. The summed E-state index contributed by atoms with van der Waals surface area (Å²) in [4.78, 5) is 13.2. The number of ether oxygens (including phenoxy) is 1. The normalized spacial score (nSPS) is 18.4. The first-order valence-electron chi connectivity index (χ1n) is 6.94. The number of hydrogen-bond acceptors (Lipinski definition) is 4. The number of rotatable bonds is 5. The van der Waals surface area contributed by atoms with Crippen molar-refractivity contribution in [3.05, 3.63) is 28.8 Å². The molecule has 1 aliphatic rings. The lowest BCUT2D eigenvalue weighted by Gasteiger charge is -2.14. The third-order valence-electron chi connectivity index (χ3n) is 3.40. The van der Waals surface area contributed by atoms with E-state index in [1.165, 1.54) is 23.1 Å². The zero-order chi connectivity index (χ0) is 16.3. The zero-order valence-electron chi connectivity index (χ0n) is 12.5. The van der Waals surface area contributed by atoms with Crippen LogP contribution in [0.3, 0.4) is 0 Å². The van der Waals surface area contributed by atoms with E-state index in [9.17, 15) is 13.2 Å². The van der Waals surface area contributed by atoms with Crippen LogP contribution in [0.5, 0.6) is 0 Å². The van der Waals surface area contributed by atoms with Crippen molar-refractivity contribution in [2.75, 3.05) is 27.2 Å². The molecule has 22 heavy (non-hydrogen) atoms. The average Bonchev–Trinajstić information content (AvgIpc) is 2.98. The summed E-state index contributed by atoms with van der Waals surface area (Å²) in [6.07, 6.45) is 1.65. The molecule has 1 aromatic carbocycles. The van der Waals surface area contributed by atoms with E-state index in [2.05, 4.69) is 4.72 Å². The van der Waals surface area contributed by atoms with Crippen LogP contribution in [0.2, 0.25) is 5.02 Å². The lowest BCUT2D eigenvalue weighted by atomic mass is 10.2. The number of nitrogens with zero attached hydrogens (tertiary/aromatic N) is 1. The van der Waals surface area contributed by atoms with Gasteiger partial charge in [0.2, 0.25) is 10.0 Å². The standard InChI is InChI=1S/C14H19ClN2O4S/c1-17(2)14(18)10-5-6-12(15)13(8-10)22(19,20)16-9-11-4-3-7-21-11/h5-6,8,11,16H,3-4,7,9H2,1-2H3. The Morgan fingerprint density at radius 3 is 2.77 bits per heavy atom. The molecule has 1 aliphatic heterocycles. The van der Waals surface area contributed by atoms with Crippen molar-refractivity contribution in [3.8, 4) is 0 Å². The Balaban J connectivity index is 2.21. The summed E-state index contributed by atoms with van der Waals surface area (Å²) in [5.41, 5.74) is 0.270. The number of halogens is 1. The van der Waals surface area contributed by atoms with Crippen molar-refractivity contribution >= 4 is 27.5 Å². The van der Waals surface area contributed by atoms with Crippen molar-refractivity contribution < 1.29 is 17.9 Å². The molecular weight excluding hydrogens is 328 g/mol. The second kappa shape index (κ2) is 6.95. The van der Waals surface area contributed by atoms with Gasteiger partial charge < -0.3 is 9.64 Å². The minimum atomic E-state index is -3.79. The molecule has 1 atom stereocenters. The third-order valence-corrected chi connectivity index (χ3v) is 5.30. The Morgan fingerprint density at radius 1 is 1.45 bits per heavy atom. The molecule has 6 nitrogen and oxygen atoms in total. The van der Waals surface area contributed by atoms with Crippen molar-refractivity contribution in [1.29, 1.82) is 0 Å². The highest BCUT2D eigenvalue weighted by atomic mass is 35.5. The number of benzene rings is 1. The molecule has 1 fully saturated rings. The molecule has 1 unspecified atom stereocenters. The number of amides is 1. The van der Waals surface area contributed by atoms with Crippen LogP contribution >= 0.6 is 11.6 Å². The first kappa shape index (κ1) is 17.2. The molecule has 8 heteroatoms. The van der Waals surface area contributed by atoms with Crippen molar-refractivity contribution in [3.63, 3.8) is 0 Å². The van der Waals surface area contributed by atoms with Crippen LogP contribution in [-0.4, -0.2) is 52.6 Å². The number of carbonyl (C=O) groups excluding carboxylic acids is 1. The van der Waals surface area contributed by atoms with E-state index in [0.717, 1.165) is 12.8 Å². The first-order valence-corrected chi connectivity index (χ1v) is 8.80. The van der Waals surface area contributed by atoms with Gasteiger partial charge in [-0.1, -0.05) is 11.6 Å². The molecule has 0 spiro atoms. The smallest absolute Gasteiger partial charge is 0.253 e. The minimum absolute atomic E-state index is 0.0788. The van der Waals surface area contributed by atoms with E-state index >= 15 is 0 Å². The molecule has 1 N–H and O–H groups in total. The molecule has 0 aromatic heterocycles. The molecule has 0 radical (unpaired) electrons. The van der Waals surface area contributed by atoms with Gasteiger partial charge in [0.1, 0.15) is 4.90 Å². The van der Waals surface area contributed by atoms with E-state index in [1.807, 2.05) is 0 Å². The van der Waals surface area contributed by atoms with Crippen LogP contribution in [0.25, 0.3) is 0 Å². The maximum atomic E-state index is 12.4. The van der Waals surface area contributed by atoms with Gasteiger partial charge in [-0.2, -0.15) is 0 Å². The second-order valence-corrected chi connectivity index (χ2v) is 7.47. The Hall–Kier alpha value is -1.15. The fourth-order valence-corrected chi connectivity index (χ4v) is 3.78. The van der Waals surface area contributed by atoms with Gasteiger partial charge in [-0.3, -0.25) is 4.79 Å². The summed E-state index contributed by atoms with van der Waals surface area (Å²) < 4.78 is 32.6. The number of hydrogen-bond donors (Lipinski definition) is 1. The van der Waals surface area contributed by atoms with Crippen LogP contribution in [0.15, 0.2) is 23.1 Å². The largest absolute Gasteiger partial charge is 0.377 e. The molecule has 1 amide bonds. The van der Waals surface area contributed by atoms with E-state index in [0.29, 0.717) is 6.61 Å². The third kappa shape index (κ3) is 3.98. The summed E-state index contributed by atoms with van der Waals surface area (Å²) in [6, 6.07) is 4.21. The van der Waals surface area contributed by atoms with E-state index < -0.39 is 10.0 Å². The minimum Gasteiger partial charge on any atom is -0.377 e. The van der Waals surface area contributed by atoms with Crippen LogP contribution in [0.4, 0.5) is 0 Å². The molecule has 0 aliphatic carbocycles. The fraction of sp³-hybridized carbons (Fsp3) is 0.500. The Morgan fingerprint density at radius 2 is 2.18 bits per heavy atom. The summed E-state index contributed by atoms with van der Waals surface area (Å²) in [6.45, 7) is 0.852. The summed E-state index contributed by atoms with van der Waals surface area (Å²) in [5, 5.41) is 0.0788. The Labute approximate surface area is 135 Å². The van der Waals surface area contributed by atoms with Gasteiger partial charge in [-0.05, 0) is 31.0 Å². The molecular formula is C14H19ClN2O4S. The van der Waals surface area contributed by atoms with E-state index in [4.69, 9.17) is 16.3 Å². The molecule has 0 saturated carbocycles. The lowest BCUT2D eigenvalue weighted by molar-refractivity contribution is 0.0827. The topological polar surface area (TPSA) is 75.7 Å². The van der Waals surface area contributed by atoms with Gasteiger partial charge in [0.05, 0.1) is 11.1 Å². The predicted octanol–water partition coefficient (Wildman–Crippen LogP) is 1.50. The van der Waals surface area contributed by atoms with Crippen LogP contribution < -0.4 is 4.72 Å². The van der Waals surface area contributed by atoms with Crippen LogP contribution in [0, 0.1) is 0 Å². The highest BCUT2D eigenvalue weighted by Gasteiger charge is 2.23. The van der Waals surface area contributed by atoms with Gasteiger partial charge in [0.25, 0.3) is 5.91 Å². The first-order chi connectivity index (χ1) is 10.3. The second-order valence-electron chi connectivity index (χ2n) is 5.33. The van der Waals surface area contributed by atoms with E-state index in [1.54, 1.807) is 14.1 Å². The number of nitrogens with one attached hydrogen (secondary N) is 1. The van der Waals surface area contributed by atoms with Gasteiger partial charge >= 0.3 is 0 Å². The molecule has 122 valence electrons. The quantitative estimate of drug-likeness (QED) is 0.876. The fourth-order valence-electron chi connectivity index (χ4n) is 2.19. The summed E-state index contributed by atoms with van der Waals surface area (Å²) in [5.74, 6) is -0.285. The van der Waals surface area contributed by atoms with Gasteiger partial charge in [-0.15, -0.1) is 0 Å². The number of sulfonamides is 1. The molecule has 0 bridgehead atoms.